The van der Waals surface area contributed by atoms with Crippen LogP contribution in [0.4, 0.5) is 0 Å². The standard InChI is InChI=1S/C15H14N2O2/c18-15(7-6-12-4-2-1-3-5-12)17-9-8-14-13(11-17)10-16-19-14/h1-7,10H,8-9,11H2. The first-order valence-corrected chi connectivity index (χ1v) is 6.27. The second kappa shape index (κ2) is 5.10. The highest BCUT2D eigenvalue weighted by Crippen LogP contribution is 2.18. The van der Waals surface area contributed by atoms with Crippen LogP contribution < -0.4 is 0 Å². The van der Waals surface area contributed by atoms with Gasteiger partial charge in [0.1, 0.15) is 5.76 Å². The lowest BCUT2D eigenvalue weighted by molar-refractivity contribution is -0.126. The summed E-state index contributed by atoms with van der Waals surface area (Å²) in [5.74, 6) is 0.923. The molecule has 2 aromatic rings. The van der Waals surface area contributed by atoms with Crippen molar-refractivity contribution >= 4 is 12.0 Å². The van der Waals surface area contributed by atoms with Gasteiger partial charge in [-0.15, -0.1) is 0 Å². The molecule has 1 aromatic carbocycles. The number of rotatable bonds is 2. The number of amides is 1. The van der Waals surface area contributed by atoms with Crippen molar-refractivity contribution in [2.24, 2.45) is 0 Å². The molecule has 3 rings (SSSR count). The van der Waals surface area contributed by atoms with Gasteiger partial charge in [0.2, 0.25) is 5.91 Å². The topological polar surface area (TPSA) is 46.3 Å². The number of fused-ring (bicyclic) bond motifs is 1. The first kappa shape index (κ1) is 11.7. The van der Waals surface area contributed by atoms with Crippen molar-refractivity contribution in [1.29, 1.82) is 0 Å². The van der Waals surface area contributed by atoms with E-state index in [9.17, 15) is 4.79 Å². The number of benzene rings is 1. The minimum absolute atomic E-state index is 0.0238. The third-order valence-corrected chi connectivity index (χ3v) is 3.23. The molecular weight excluding hydrogens is 240 g/mol. The SMILES string of the molecule is O=C(C=Cc1ccccc1)N1CCc2oncc2C1. The van der Waals surface area contributed by atoms with Gasteiger partial charge in [-0.2, -0.15) is 0 Å². The van der Waals surface area contributed by atoms with E-state index in [1.54, 1.807) is 17.2 Å². The maximum atomic E-state index is 12.1. The van der Waals surface area contributed by atoms with Crippen LogP contribution in [-0.4, -0.2) is 22.5 Å². The highest BCUT2D eigenvalue weighted by atomic mass is 16.5. The smallest absolute Gasteiger partial charge is 0.246 e. The fourth-order valence-electron chi connectivity index (χ4n) is 2.17. The molecule has 0 bridgehead atoms. The summed E-state index contributed by atoms with van der Waals surface area (Å²) in [5, 5.41) is 3.76. The number of hydrogen-bond donors (Lipinski definition) is 0. The predicted molar refractivity (Wildman–Crippen MR) is 71.1 cm³/mol. The summed E-state index contributed by atoms with van der Waals surface area (Å²) in [4.78, 5) is 13.9. The molecule has 0 spiro atoms. The number of aromatic nitrogens is 1. The zero-order valence-electron chi connectivity index (χ0n) is 10.5. The lowest BCUT2D eigenvalue weighted by atomic mass is 10.1. The molecule has 1 amide bonds. The average molecular weight is 254 g/mol. The second-order valence-corrected chi connectivity index (χ2v) is 4.53. The first-order valence-electron chi connectivity index (χ1n) is 6.27. The Bertz CT molecular complexity index is 602. The minimum atomic E-state index is 0.0238. The van der Waals surface area contributed by atoms with E-state index in [-0.39, 0.29) is 5.91 Å². The monoisotopic (exact) mass is 254 g/mol. The van der Waals surface area contributed by atoms with Gasteiger partial charge >= 0.3 is 0 Å². The second-order valence-electron chi connectivity index (χ2n) is 4.53. The van der Waals surface area contributed by atoms with E-state index in [0.29, 0.717) is 13.1 Å². The van der Waals surface area contributed by atoms with E-state index < -0.39 is 0 Å². The van der Waals surface area contributed by atoms with Crippen LogP contribution >= 0.6 is 0 Å². The van der Waals surface area contributed by atoms with E-state index in [1.165, 1.54) is 0 Å². The Labute approximate surface area is 111 Å². The van der Waals surface area contributed by atoms with Crippen LogP contribution in [0.2, 0.25) is 0 Å². The highest BCUT2D eigenvalue weighted by Gasteiger charge is 2.21. The average Bonchev–Trinajstić information content (AvgIpc) is 2.93. The van der Waals surface area contributed by atoms with Crippen molar-refractivity contribution in [3.63, 3.8) is 0 Å². The zero-order chi connectivity index (χ0) is 13.1. The normalized spacial score (nSPS) is 14.6. The van der Waals surface area contributed by atoms with Crippen LogP contribution in [0.3, 0.4) is 0 Å². The van der Waals surface area contributed by atoms with Crippen LogP contribution in [0.1, 0.15) is 16.9 Å². The largest absolute Gasteiger partial charge is 0.361 e. The van der Waals surface area contributed by atoms with Crippen LogP contribution in [0, 0.1) is 0 Å². The Hall–Kier alpha value is -2.36. The number of carbonyl (C=O) groups excluding carboxylic acids is 1. The Morgan fingerprint density at radius 3 is 3.00 bits per heavy atom. The lowest BCUT2D eigenvalue weighted by Crippen LogP contribution is -2.34. The molecule has 1 aromatic heterocycles. The Kier molecular flexibility index (Phi) is 3.14. The maximum Gasteiger partial charge on any atom is 0.246 e. The van der Waals surface area contributed by atoms with Crippen molar-refractivity contribution in [1.82, 2.24) is 10.1 Å². The molecule has 0 N–H and O–H groups in total. The molecule has 4 heteroatoms. The van der Waals surface area contributed by atoms with E-state index >= 15 is 0 Å². The molecule has 0 atom stereocenters. The number of nitrogens with zero attached hydrogens (tertiary/aromatic N) is 2. The van der Waals surface area contributed by atoms with Crippen molar-refractivity contribution in [2.45, 2.75) is 13.0 Å². The molecule has 0 fully saturated rings. The third kappa shape index (κ3) is 2.57. The Morgan fingerprint density at radius 1 is 1.32 bits per heavy atom. The van der Waals surface area contributed by atoms with Crippen molar-refractivity contribution in [2.75, 3.05) is 6.54 Å². The molecule has 1 aliphatic rings. The fourth-order valence-corrected chi connectivity index (χ4v) is 2.17. The number of carbonyl (C=O) groups is 1. The molecular formula is C15H14N2O2. The molecule has 19 heavy (non-hydrogen) atoms. The van der Waals surface area contributed by atoms with Crippen LogP contribution in [0.25, 0.3) is 6.08 Å². The minimum Gasteiger partial charge on any atom is -0.361 e. The van der Waals surface area contributed by atoms with Gasteiger partial charge in [0.25, 0.3) is 0 Å². The molecule has 0 saturated heterocycles. The van der Waals surface area contributed by atoms with E-state index in [1.807, 2.05) is 36.4 Å². The fraction of sp³-hybridized carbons (Fsp3) is 0.200. The summed E-state index contributed by atoms with van der Waals surface area (Å²) in [6, 6.07) is 9.80. The van der Waals surface area contributed by atoms with E-state index in [2.05, 4.69) is 5.16 Å². The molecule has 2 heterocycles. The Morgan fingerprint density at radius 2 is 2.16 bits per heavy atom. The van der Waals surface area contributed by atoms with Gasteiger partial charge < -0.3 is 9.42 Å². The van der Waals surface area contributed by atoms with Crippen molar-refractivity contribution in [3.05, 3.63) is 59.5 Å². The van der Waals surface area contributed by atoms with Crippen molar-refractivity contribution in [3.8, 4) is 0 Å². The van der Waals surface area contributed by atoms with E-state index in [0.717, 1.165) is 23.3 Å². The summed E-state index contributed by atoms with van der Waals surface area (Å²) in [6.45, 7) is 1.26. The third-order valence-electron chi connectivity index (χ3n) is 3.23. The summed E-state index contributed by atoms with van der Waals surface area (Å²) in [7, 11) is 0. The summed E-state index contributed by atoms with van der Waals surface area (Å²) in [6.07, 6.45) is 5.88. The highest BCUT2D eigenvalue weighted by molar-refractivity contribution is 5.91. The first-order chi connectivity index (χ1) is 9.33. The lowest BCUT2D eigenvalue weighted by Gasteiger charge is -2.24. The molecule has 0 saturated carbocycles. The summed E-state index contributed by atoms with van der Waals surface area (Å²) < 4.78 is 5.11. The van der Waals surface area contributed by atoms with Gasteiger partial charge in [0.15, 0.2) is 0 Å². The summed E-state index contributed by atoms with van der Waals surface area (Å²) in [5.41, 5.74) is 2.03. The van der Waals surface area contributed by atoms with Gasteiger partial charge in [-0.05, 0) is 11.6 Å². The summed E-state index contributed by atoms with van der Waals surface area (Å²) >= 11 is 0. The van der Waals surface area contributed by atoms with E-state index in [4.69, 9.17) is 4.52 Å². The number of hydrogen-bond acceptors (Lipinski definition) is 3. The van der Waals surface area contributed by atoms with Crippen molar-refractivity contribution < 1.29 is 9.32 Å². The zero-order valence-corrected chi connectivity index (χ0v) is 10.5. The predicted octanol–water partition coefficient (Wildman–Crippen LogP) is 2.27. The molecule has 0 aliphatic carbocycles. The van der Waals surface area contributed by atoms with Gasteiger partial charge in [-0.1, -0.05) is 35.5 Å². The Balaban J connectivity index is 1.67. The quantitative estimate of drug-likeness (QED) is 0.772. The molecule has 1 aliphatic heterocycles. The van der Waals surface area contributed by atoms with Gasteiger partial charge in [0.05, 0.1) is 12.7 Å². The van der Waals surface area contributed by atoms with Crippen LogP contribution in [0.5, 0.6) is 0 Å². The molecule has 0 radical (unpaired) electrons. The molecule has 4 nitrogen and oxygen atoms in total. The van der Waals surface area contributed by atoms with Crippen LogP contribution in [-0.2, 0) is 17.8 Å². The van der Waals surface area contributed by atoms with Gasteiger partial charge in [-0.3, -0.25) is 4.79 Å². The van der Waals surface area contributed by atoms with Gasteiger partial charge in [0, 0.05) is 24.6 Å². The molecule has 0 unspecified atom stereocenters. The molecule has 96 valence electrons. The van der Waals surface area contributed by atoms with Crippen LogP contribution in [0.15, 0.2) is 47.1 Å². The van der Waals surface area contributed by atoms with Gasteiger partial charge in [-0.25, -0.2) is 0 Å². The maximum absolute atomic E-state index is 12.1.